The van der Waals surface area contributed by atoms with Gasteiger partial charge in [0.25, 0.3) is 0 Å². The highest BCUT2D eigenvalue weighted by molar-refractivity contribution is 6.35. The second-order valence-electron chi connectivity index (χ2n) is 4.18. The van der Waals surface area contributed by atoms with Gasteiger partial charge in [0.15, 0.2) is 5.84 Å². The minimum atomic E-state index is -0.899. The van der Waals surface area contributed by atoms with Crippen LogP contribution in [-0.4, -0.2) is 17.0 Å². The lowest BCUT2D eigenvalue weighted by Crippen LogP contribution is -2.36. The number of nitrogens with one attached hydrogen (secondary N) is 1. The van der Waals surface area contributed by atoms with Crippen molar-refractivity contribution in [1.82, 2.24) is 0 Å². The second-order valence-corrected chi connectivity index (χ2v) is 5.05. The summed E-state index contributed by atoms with van der Waals surface area (Å²) in [5, 5.41) is 15.1. The van der Waals surface area contributed by atoms with Crippen LogP contribution in [0, 0.1) is 5.41 Å². The first kappa shape index (κ1) is 13.0. The van der Waals surface area contributed by atoms with E-state index in [9.17, 15) is 4.79 Å². The largest absolute Gasteiger partial charge is 0.409 e. The van der Waals surface area contributed by atoms with Crippen LogP contribution < -0.4 is 11.1 Å². The highest BCUT2D eigenvalue weighted by atomic mass is 35.5. The molecular weight excluding hydrogens is 277 g/mol. The Morgan fingerprint density at radius 3 is 2.33 bits per heavy atom. The van der Waals surface area contributed by atoms with Crippen LogP contribution in [-0.2, 0) is 4.79 Å². The number of anilines is 1. The van der Waals surface area contributed by atoms with Crippen molar-refractivity contribution in [3.05, 3.63) is 28.2 Å². The molecule has 0 heterocycles. The van der Waals surface area contributed by atoms with E-state index in [1.54, 1.807) is 18.2 Å². The lowest BCUT2D eigenvalue weighted by molar-refractivity contribution is -0.119. The fourth-order valence-electron chi connectivity index (χ4n) is 1.70. The third-order valence-electron chi connectivity index (χ3n) is 2.90. The SMILES string of the molecule is N/C(=N/O)C1(C(=O)Nc2cc(Cl)cc(Cl)c2)CC1. The van der Waals surface area contributed by atoms with Gasteiger partial charge in [0.2, 0.25) is 5.91 Å². The number of nitrogens with two attached hydrogens (primary N) is 1. The molecule has 7 heteroatoms. The third kappa shape index (κ3) is 2.37. The first-order valence-corrected chi connectivity index (χ1v) is 5.99. The molecule has 0 aromatic heterocycles. The van der Waals surface area contributed by atoms with Crippen LogP contribution in [0.2, 0.25) is 10.0 Å². The average molecular weight is 288 g/mol. The quantitative estimate of drug-likeness (QED) is 0.345. The Morgan fingerprint density at radius 2 is 1.89 bits per heavy atom. The molecule has 1 aliphatic carbocycles. The van der Waals surface area contributed by atoms with Gasteiger partial charge in [-0.3, -0.25) is 4.79 Å². The van der Waals surface area contributed by atoms with Crippen molar-refractivity contribution in [1.29, 1.82) is 0 Å². The Labute approximate surface area is 114 Å². The molecule has 1 aromatic rings. The van der Waals surface area contributed by atoms with E-state index >= 15 is 0 Å². The molecule has 2 rings (SSSR count). The Morgan fingerprint density at radius 1 is 1.33 bits per heavy atom. The van der Waals surface area contributed by atoms with Gasteiger partial charge in [-0.05, 0) is 31.0 Å². The summed E-state index contributed by atoms with van der Waals surface area (Å²) < 4.78 is 0. The summed E-state index contributed by atoms with van der Waals surface area (Å²) in [6.07, 6.45) is 1.12. The van der Waals surface area contributed by atoms with Crippen molar-refractivity contribution in [3.8, 4) is 0 Å². The van der Waals surface area contributed by atoms with Crippen LogP contribution in [0.5, 0.6) is 0 Å². The minimum absolute atomic E-state index is 0.0758. The van der Waals surface area contributed by atoms with Crippen LogP contribution in [0.25, 0.3) is 0 Å². The molecule has 0 radical (unpaired) electrons. The molecule has 5 nitrogen and oxygen atoms in total. The summed E-state index contributed by atoms with van der Waals surface area (Å²) in [6, 6.07) is 4.72. The molecule has 96 valence electrons. The van der Waals surface area contributed by atoms with Crippen LogP contribution in [0.4, 0.5) is 5.69 Å². The van der Waals surface area contributed by atoms with Gasteiger partial charge in [-0.2, -0.15) is 0 Å². The number of hydrogen-bond acceptors (Lipinski definition) is 3. The summed E-state index contributed by atoms with van der Waals surface area (Å²) in [6.45, 7) is 0. The van der Waals surface area contributed by atoms with Gasteiger partial charge in [0.1, 0.15) is 5.41 Å². The molecule has 0 atom stereocenters. The van der Waals surface area contributed by atoms with Crippen molar-refractivity contribution < 1.29 is 10.0 Å². The molecule has 1 saturated carbocycles. The first-order valence-electron chi connectivity index (χ1n) is 5.23. The summed E-state index contributed by atoms with van der Waals surface area (Å²) in [7, 11) is 0. The van der Waals surface area contributed by atoms with Gasteiger partial charge in [0, 0.05) is 15.7 Å². The van der Waals surface area contributed by atoms with Gasteiger partial charge < -0.3 is 16.3 Å². The molecular formula is C11H11Cl2N3O2. The molecule has 0 saturated heterocycles. The van der Waals surface area contributed by atoms with E-state index in [0.29, 0.717) is 28.6 Å². The summed E-state index contributed by atoms with van der Waals surface area (Å²) in [4.78, 5) is 12.1. The minimum Gasteiger partial charge on any atom is -0.409 e. The Hall–Kier alpha value is -1.46. The Kier molecular flexibility index (Phi) is 3.36. The van der Waals surface area contributed by atoms with E-state index in [2.05, 4.69) is 10.5 Å². The van der Waals surface area contributed by atoms with E-state index in [4.69, 9.17) is 34.1 Å². The summed E-state index contributed by atoms with van der Waals surface area (Å²) >= 11 is 11.7. The van der Waals surface area contributed by atoms with Crippen molar-refractivity contribution >= 4 is 40.6 Å². The average Bonchev–Trinajstić information content (AvgIpc) is 3.07. The number of nitrogens with zero attached hydrogens (tertiary/aromatic N) is 1. The molecule has 18 heavy (non-hydrogen) atoms. The summed E-state index contributed by atoms with van der Waals surface area (Å²) in [5.74, 6) is -0.399. The van der Waals surface area contributed by atoms with E-state index in [-0.39, 0.29) is 11.7 Å². The van der Waals surface area contributed by atoms with Gasteiger partial charge in [-0.1, -0.05) is 28.4 Å². The fourth-order valence-corrected chi connectivity index (χ4v) is 2.22. The molecule has 4 N–H and O–H groups in total. The van der Waals surface area contributed by atoms with Crippen molar-refractivity contribution in [3.63, 3.8) is 0 Å². The number of amides is 1. The van der Waals surface area contributed by atoms with Crippen LogP contribution >= 0.6 is 23.2 Å². The number of oxime groups is 1. The van der Waals surface area contributed by atoms with E-state index in [1.165, 1.54) is 0 Å². The standard InChI is InChI=1S/C11H11Cl2N3O2/c12-6-3-7(13)5-8(4-6)15-10(17)11(1-2-11)9(14)16-18/h3-5,18H,1-2H2,(H2,14,16)(H,15,17). The predicted octanol–water partition coefficient (Wildman–Crippen LogP) is 2.46. The normalized spacial score (nSPS) is 17.3. The maximum atomic E-state index is 12.1. The van der Waals surface area contributed by atoms with Crippen LogP contribution in [0.1, 0.15) is 12.8 Å². The zero-order valence-electron chi connectivity index (χ0n) is 9.28. The number of benzene rings is 1. The highest BCUT2D eigenvalue weighted by Crippen LogP contribution is 2.46. The van der Waals surface area contributed by atoms with E-state index < -0.39 is 5.41 Å². The number of rotatable bonds is 3. The van der Waals surface area contributed by atoms with Crippen molar-refractivity contribution in [2.45, 2.75) is 12.8 Å². The first-order chi connectivity index (χ1) is 8.48. The monoisotopic (exact) mass is 287 g/mol. The molecule has 1 aliphatic rings. The van der Waals surface area contributed by atoms with E-state index in [0.717, 1.165) is 0 Å². The molecule has 0 aliphatic heterocycles. The zero-order chi connectivity index (χ0) is 13.3. The summed E-state index contributed by atoms with van der Waals surface area (Å²) in [5.41, 5.74) is 5.10. The van der Waals surface area contributed by atoms with E-state index in [1.807, 2.05) is 0 Å². The number of halogens is 2. The van der Waals surface area contributed by atoms with Crippen LogP contribution in [0.3, 0.4) is 0 Å². The third-order valence-corrected chi connectivity index (χ3v) is 3.34. The maximum Gasteiger partial charge on any atom is 0.238 e. The smallest absolute Gasteiger partial charge is 0.238 e. The number of amidine groups is 1. The van der Waals surface area contributed by atoms with Gasteiger partial charge in [-0.25, -0.2) is 0 Å². The second kappa shape index (κ2) is 4.66. The Bertz CT molecular complexity index is 507. The lowest BCUT2D eigenvalue weighted by atomic mass is 10.1. The zero-order valence-corrected chi connectivity index (χ0v) is 10.8. The molecule has 0 bridgehead atoms. The molecule has 0 unspecified atom stereocenters. The highest BCUT2D eigenvalue weighted by Gasteiger charge is 2.54. The number of carbonyl (C=O) groups is 1. The molecule has 1 aromatic carbocycles. The molecule has 0 spiro atoms. The lowest BCUT2D eigenvalue weighted by Gasteiger charge is -2.13. The molecule has 1 fully saturated rings. The number of carbonyl (C=O) groups excluding carboxylic acids is 1. The van der Waals surface area contributed by atoms with Crippen molar-refractivity contribution in [2.75, 3.05) is 5.32 Å². The van der Waals surface area contributed by atoms with Gasteiger partial charge in [-0.15, -0.1) is 0 Å². The van der Waals surface area contributed by atoms with Gasteiger partial charge >= 0.3 is 0 Å². The van der Waals surface area contributed by atoms with Crippen LogP contribution in [0.15, 0.2) is 23.4 Å². The maximum absolute atomic E-state index is 12.1. The Balaban J connectivity index is 2.17. The number of hydrogen-bond donors (Lipinski definition) is 3. The predicted molar refractivity (Wildman–Crippen MR) is 70.2 cm³/mol. The topological polar surface area (TPSA) is 87.7 Å². The van der Waals surface area contributed by atoms with Gasteiger partial charge in [0.05, 0.1) is 0 Å². The van der Waals surface area contributed by atoms with Crippen molar-refractivity contribution in [2.24, 2.45) is 16.3 Å². The molecule has 1 amide bonds. The fraction of sp³-hybridized carbons (Fsp3) is 0.273.